The van der Waals surface area contributed by atoms with E-state index >= 15 is 0 Å². The highest BCUT2D eigenvalue weighted by atomic mass is 32.2. The van der Waals surface area contributed by atoms with Crippen LogP contribution in [0.4, 0.5) is 0 Å². The van der Waals surface area contributed by atoms with Crippen LogP contribution in [-0.4, -0.2) is 32.8 Å². The van der Waals surface area contributed by atoms with Crippen LogP contribution in [0, 0.1) is 0 Å². The SMILES string of the molecule is Cn1cc(SCC(=O)N2Cc3ccccc3[C@@H](O)C2)c2ccccc21. The minimum Gasteiger partial charge on any atom is -0.387 e. The molecule has 4 nitrogen and oxygen atoms in total. The Morgan fingerprint density at radius 2 is 1.96 bits per heavy atom. The average Bonchev–Trinajstić information content (AvgIpc) is 2.96. The van der Waals surface area contributed by atoms with Crippen molar-refractivity contribution in [3.63, 3.8) is 0 Å². The molecule has 2 aromatic carbocycles. The first-order chi connectivity index (χ1) is 12.1. The van der Waals surface area contributed by atoms with Gasteiger partial charge >= 0.3 is 0 Å². The van der Waals surface area contributed by atoms with E-state index < -0.39 is 6.10 Å². The van der Waals surface area contributed by atoms with Crippen LogP contribution in [0.2, 0.25) is 0 Å². The molecule has 25 heavy (non-hydrogen) atoms. The van der Waals surface area contributed by atoms with Gasteiger partial charge in [-0.2, -0.15) is 0 Å². The van der Waals surface area contributed by atoms with Gasteiger partial charge in [-0.1, -0.05) is 42.5 Å². The molecule has 1 atom stereocenters. The zero-order chi connectivity index (χ0) is 17.4. The maximum atomic E-state index is 12.7. The van der Waals surface area contributed by atoms with E-state index in [0.29, 0.717) is 18.8 Å². The number of thioether (sulfide) groups is 1. The lowest BCUT2D eigenvalue weighted by Crippen LogP contribution is -2.39. The monoisotopic (exact) mass is 352 g/mol. The fourth-order valence-corrected chi connectivity index (χ4v) is 4.44. The predicted molar refractivity (Wildman–Crippen MR) is 100 cm³/mol. The van der Waals surface area contributed by atoms with Gasteiger partial charge in [0.25, 0.3) is 0 Å². The molecule has 0 unspecified atom stereocenters. The van der Waals surface area contributed by atoms with Crippen molar-refractivity contribution < 1.29 is 9.90 Å². The summed E-state index contributed by atoms with van der Waals surface area (Å²) in [4.78, 5) is 15.5. The first kappa shape index (κ1) is 16.2. The van der Waals surface area contributed by atoms with Gasteiger partial charge in [0, 0.05) is 35.6 Å². The molecule has 5 heteroatoms. The average molecular weight is 352 g/mol. The number of carbonyl (C=O) groups is 1. The molecule has 0 radical (unpaired) electrons. The standard InChI is InChI=1S/C20H20N2O2S/c1-21-12-19(16-8-4-5-9-17(16)21)25-13-20(24)22-10-14-6-2-3-7-15(14)18(23)11-22/h2-9,12,18,23H,10-11,13H2,1H3/t18-/m0/s1. The third-order valence-corrected chi connectivity index (χ3v) is 5.76. The molecular weight excluding hydrogens is 332 g/mol. The Labute approximate surface area is 151 Å². The molecule has 0 spiro atoms. The van der Waals surface area contributed by atoms with Crippen molar-refractivity contribution in [1.82, 2.24) is 9.47 Å². The molecule has 4 rings (SSSR count). The molecule has 2 heterocycles. The van der Waals surface area contributed by atoms with Crippen molar-refractivity contribution >= 4 is 28.6 Å². The van der Waals surface area contributed by atoms with Gasteiger partial charge in [-0.05, 0) is 17.2 Å². The molecular formula is C20H20N2O2S. The van der Waals surface area contributed by atoms with Crippen LogP contribution in [0.15, 0.2) is 59.6 Å². The number of benzene rings is 2. The summed E-state index contributed by atoms with van der Waals surface area (Å²) in [6, 6.07) is 16.0. The first-order valence-corrected chi connectivity index (χ1v) is 9.32. The molecule has 1 aliphatic heterocycles. The van der Waals surface area contributed by atoms with Crippen LogP contribution in [-0.2, 0) is 18.4 Å². The number of nitrogens with zero attached hydrogens (tertiary/aromatic N) is 2. The largest absolute Gasteiger partial charge is 0.387 e. The summed E-state index contributed by atoms with van der Waals surface area (Å²) in [7, 11) is 2.02. The summed E-state index contributed by atoms with van der Waals surface area (Å²) in [5.41, 5.74) is 3.14. The summed E-state index contributed by atoms with van der Waals surface area (Å²) in [6.07, 6.45) is 1.47. The third kappa shape index (κ3) is 3.05. The number of aliphatic hydroxyl groups excluding tert-OH is 1. The fourth-order valence-electron chi connectivity index (χ4n) is 3.42. The minimum atomic E-state index is -0.601. The lowest BCUT2D eigenvalue weighted by Gasteiger charge is -2.32. The number of aryl methyl sites for hydroxylation is 1. The quantitative estimate of drug-likeness (QED) is 0.736. The zero-order valence-electron chi connectivity index (χ0n) is 14.1. The van der Waals surface area contributed by atoms with Gasteiger partial charge in [-0.15, -0.1) is 11.8 Å². The van der Waals surface area contributed by atoms with E-state index in [0.717, 1.165) is 16.0 Å². The molecule has 0 aliphatic carbocycles. The number of carbonyl (C=O) groups excluding carboxylic acids is 1. The number of hydrogen-bond acceptors (Lipinski definition) is 3. The summed E-state index contributed by atoms with van der Waals surface area (Å²) in [6.45, 7) is 0.939. The van der Waals surface area contributed by atoms with Crippen molar-refractivity contribution in [1.29, 1.82) is 0 Å². The van der Waals surface area contributed by atoms with Crippen LogP contribution in [0.3, 0.4) is 0 Å². The molecule has 0 fully saturated rings. The molecule has 0 saturated heterocycles. The van der Waals surface area contributed by atoms with Gasteiger partial charge in [-0.3, -0.25) is 4.79 Å². The maximum absolute atomic E-state index is 12.7. The highest BCUT2D eigenvalue weighted by molar-refractivity contribution is 8.00. The number of para-hydroxylation sites is 1. The molecule has 0 saturated carbocycles. The van der Waals surface area contributed by atoms with E-state index in [1.807, 2.05) is 43.4 Å². The van der Waals surface area contributed by atoms with Crippen molar-refractivity contribution in [3.8, 4) is 0 Å². The third-order valence-electron chi connectivity index (χ3n) is 4.73. The highest BCUT2D eigenvalue weighted by Crippen LogP contribution is 2.31. The second-order valence-corrected chi connectivity index (χ2v) is 7.42. The molecule has 1 aromatic heterocycles. The molecule has 1 N–H and O–H groups in total. The second-order valence-electron chi connectivity index (χ2n) is 6.40. The Balaban J connectivity index is 1.48. The van der Waals surface area contributed by atoms with Gasteiger partial charge in [0.2, 0.25) is 5.91 Å². The lowest BCUT2D eigenvalue weighted by atomic mass is 9.97. The van der Waals surface area contributed by atoms with Crippen molar-refractivity contribution in [2.24, 2.45) is 7.05 Å². The van der Waals surface area contributed by atoms with E-state index in [-0.39, 0.29) is 5.91 Å². The minimum absolute atomic E-state index is 0.0616. The van der Waals surface area contributed by atoms with Gasteiger partial charge < -0.3 is 14.6 Å². The predicted octanol–water partition coefficient (Wildman–Crippen LogP) is 3.35. The first-order valence-electron chi connectivity index (χ1n) is 8.34. The number of rotatable bonds is 3. The Morgan fingerprint density at radius 1 is 1.20 bits per heavy atom. The van der Waals surface area contributed by atoms with Gasteiger partial charge in [0.1, 0.15) is 0 Å². The van der Waals surface area contributed by atoms with E-state index in [1.54, 1.807) is 16.7 Å². The summed E-state index contributed by atoms with van der Waals surface area (Å²) >= 11 is 1.56. The molecule has 1 amide bonds. The van der Waals surface area contributed by atoms with Gasteiger partial charge in [-0.25, -0.2) is 0 Å². The van der Waals surface area contributed by atoms with Crippen LogP contribution in [0.1, 0.15) is 17.2 Å². The summed E-state index contributed by atoms with van der Waals surface area (Å²) in [5.74, 6) is 0.439. The van der Waals surface area contributed by atoms with Crippen LogP contribution in [0.25, 0.3) is 10.9 Å². The van der Waals surface area contributed by atoms with E-state index in [4.69, 9.17) is 0 Å². The van der Waals surface area contributed by atoms with Crippen LogP contribution >= 0.6 is 11.8 Å². The van der Waals surface area contributed by atoms with Crippen molar-refractivity contribution in [2.45, 2.75) is 17.5 Å². The zero-order valence-corrected chi connectivity index (χ0v) is 14.9. The lowest BCUT2D eigenvalue weighted by molar-refractivity contribution is -0.131. The number of aliphatic hydroxyl groups is 1. The van der Waals surface area contributed by atoms with E-state index in [2.05, 4.69) is 22.9 Å². The fraction of sp³-hybridized carbons (Fsp3) is 0.250. The number of β-amino-alcohol motifs (C(OH)–C–C–N with tert-alkyl or cyclic N) is 1. The second kappa shape index (κ2) is 6.58. The summed E-state index contributed by atoms with van der Waals surface area (Å²) in [5, 5.41) is 11.5. The van der Waals surface area contributed by atoms with Crippen LogP contribution in [0.5, 0.6) is 0 Å². The van der Waals surface area contributed by atoms with Crippen molar-refractivity contribution in [3.05, 3.63) is 65.9 Å². The Hall–Kier alpha value is -2.24. The molecule has 128 valence electrons. The highest BCUT2D eigenvalue weighted by Gasteiger charge is 2.26. The van der Waals surface area contributed by atoms with Gasteiger partial charge in [0.05, 0.1) is 18.4 Å². The smallest absolute Gasteiger partial charge is 0.233 e. The molecule has 3 aromatic rings. The van der Waals surface area contributed by atoms with Crippen LogP contribution < -0.4 is 0 Å². The van der Waals surface area contributed by atoms with Gasteiger partial charge in [0.15, 0.2) is 0 Å². The Morgan fingerprint density at radius 3 is 2.84 bits per heavy atom. The Kier molecular flexibility index (Phi) is 4.27. The number of aromatic nitrogens is 1. The van der Waals surface area contributed by atoms with E-state index in [9.17, 15) is 9.90 Å². The number of fused-ring (bicyclic) bond motifs is 2. The topological polar surface area (TPSA) is 45.5 Å². The van der Waals surface area contributed by atoms with Crippen molar-refractivity contribution in [2.75, 3.05) is 12.3 Å². The molecule has 0 bridgehead atoms. The maximum Gasteiger partial charge on any atom is 0.233 e. The summed E-state index contributed by atoms with van der Waals surface area (Å²) < 4.78 is 2.09. The number of amides is 1. The van der Waals surface area contributed by atoms with E-state index in [1.165, 1.54) is 10.9 Å². The molecule has 1 aliphatic rings. The number of hydrogen-bond donors (Lipinski definition) is 1. The Bertz CT molecular complexity index is 934. The normalized spacial score (nSPS) is 16.9.